The molecule has 1 aromatic rings. The molecule has 1 aromatic carbocycles. The second-order valence-electron chi connectivity index (χ2n) is 3.61. The Morgan fingerprint density at radius 3 is 2.43 bits per heavy atom. The van der Waals surface area contributed by atoms with E-state index in [1.165, 1.54) is 24.1 Å². The number of hydrogen-bond acceptors (Lipinski definition) is 1. The summed E-state index contributed by atoms with van der Waals surface area (Å²) in [7, 11) is 2.16. The lowest BCUT2D eigenvalue weighted by Gasteiger charge is -2.21. The lowest BCUT2D eigenvalue weighted by atomic mass is 10.00. The number of nitrogens with zero attached hydrogens (tertiary/aromatic N) is 1. The van der Waals surface area contributed by atoms with Crippen LogP contribution in [0.15, 0.2) is 36.4 Å². The molecule has 0 aromatic heterocycles. The third-order valence-corrected chi connectivity index (χ3v) is 2.56. The highest BCUT2D eigenvalue weighted by Crippen LogP contribution is 2.20. The van der Waals surface area contributed by atoms with Crippen LogP contribution in [0.1, 0.15) is 12.0 Å². The van der Waals surface area contributed by atoms with E-state index in [0.29, 0.717) is 0 Å². The zero-order valence-electron chi connectivity index (χ0n) is 8.44. The average Bonchev–Trinajstić information content (AvgIpc) is 2.20. The molecule has 2 heteroatoms. The molecular formula is C12H16ClN. The van der Waals surface area contributed by atoms with Gasteiger partial charge in [-0.2, -0.15) is 0 Å². The summed E-state index contributed by atoms with van der Waals surface area (Å²) in [6, 6.07) is 10.7. The molecule has 76 valence electrons. The Kier molecular flexibility index (Phi) is 4.18. The summed E-state index contributed by atoms with van der Waals surface area (Å²) in [6.07, 6.45) is 3.51. The van der Waals surface area contributed by atoms with Crippen LogP contribution in [0.3, 0.4) is 0 Å². The van der Waals surface area contributed by atoms with Gasteiger partial charge in [0.1, 0.15) is 0 Å². The van der Waals surface area contributed by atoms with E-state index in [-0.39, 0.29) is 12.4 Å². The van der Waals surface area contributed by atoms with Crippen LogP contribution in [0.4, 0.5) is 0 Å². The molecule has 0 aliphatic carbocycles. The maximum atomic E-state index is 2.34. The Bertz CT molecular complexity index is 305. The lowest BCUT2D eigenvalue weighted by molar-refractivity contribution is 0.370. The van der Waals surface area contributed by atoms with Crippen LogP contribution in [0.5, 0.6) is 0 Å². The van der Waals surface area contributed by atoms with Crippen molar-refractivity contribution < 1.29 is 0 Å². The first-order chi connectivity index (χ1) is 6.36. The van der Waals surface area contributed by atoms with Crippen LogP contribution >= 0.6 is 12.4 Å². The standard InChI is InChI=1S/C12H15N.ClH/c1-13-9-7-12(8-10-13)11-5-3-2-4-6-11;/h2-7H,8-10H2,1H3;1H. The molecule has 0 atom stereocenters. The molecule has 0 spiro atoms. The molecule has 14 heavy (non-hydrogen) atoms. The van der Waals surface area contributed by atoms with E-state index in [0.717, 1.165) is 6.54 Å². The first-order valence-electron chi connectivity index (χ1n) is 4.79. The van der Waals surface area contributed by atoms with Crippen molar-refractivity contribution in [2.45, 2.75) is 6.42 Å². The van der Waals surface area contributed by atoms with E-state index in [4.69, 9.17) is 0 Å². The Balaban J connectivity index is 0.000000980. The predicted octanol–water partition coefficient (Wildman–Crippen LogP) is 2.83. The van der Waals surface area contributed by atoms with Gasteiger partial charge >= 0.3 is 0 Å². The van der Waals surface area contributed by atoms with E-state index in [1.807, 2.05) is 0 Å². The third kappa shape index (κ3) is 2.60. The van der Waals surface area contributed by atoms with Gasteiger partial charge in [0, 0.05) is 13.1 Å². The van der Waals surface area contributed by atoms with Crippen molar-refractivity contribution in [2.75, 3.05) is 20.1 Å². The fourth-order valence-corrected chi connectivity index (χ4v) is 1.69. The first kappa shape index (κ1) is 11.3. The Morgan fingerprint density at radius 2 is 1.86 bits per heavy atom. The second kappa shape index (κ2) is 5.18. The lowest BCUT2D eigenvalue weighted by Crippen LogP contribution is -2.23. The summed E-state index contributed by atoms with van der Waals surface area (Å²) in [4.78, 5) is 2.34. The zero-order valence-corrected chi connectivity index (χ0v) is 9.26. The number of rotatable bonds is 1. The highest BCUT2D eigenvalue weighted by Gasteiger charge is 2.08. The molecular weight excluding hydrogens is 194 g/mol. The van der Waals surface area contributed by atoms with Gasteiger partial charge in [-0.1, -0.05) is 36.4 Å². The molecule has 1 nitrogen and oxygen atoms in total. The minimum atomic E-state index is 0. The van der Waals surface area contributed by atoms with Gasteiger partial charge in [0.05, 0.1) is 0 Å². The summed E-state index contributed by atoms with van der Waals surface area (Å²) in [5.74, 6) is 0. The number of hydrogen-bond donors (Lipinski definition) is 0. The molecule has 1 aliphatic heterocycles. The van der Waals surface area contributed by atoms with Gasteiger partial charge in [-0.25, -0.2) is 0 Å². The molecule has 0 amide bonds. The summed E-state index contributed by atoms with van der Waals surface area (Å²) < 4.78 is 0. The molecule has 0 unspecified atom stereocenters. The second-order valence-corrected chi connectivity index (χ2v) is 3.61. The monoisotopic (exact) mass is 209 g/mol. The van der Waals surface area contributed by atoms with Crippen LogP contribution in [-0.4, -0.2) is 25.0 Å². The van der Waals surface area contributed by atoms with Crippen molar-refractivity contribution in [3.8, 4) is 0 Å². The molecule has 0 saturated heterocycles. The Morgan fingerprint density at radius 1 is 1.14 bits per heavy atom. The summed E-state index contributed by atoms with van der Waals surface area (Å²) >= 11 is 0. The maximum absolute atomic E-state index is 2.34. The minimum absolute atomic E-state index is 0. The van der Waals surface area contributed by atoms with E-state index in [2.05, 4.69) is 48.4 Å². The average molecular weight is 210 g/mol. The van der Waals surface area contributed by atoms with Gasteiger partial charge in [0.15, 0.2) is 0 Å². The van der Waals surface area contributed by atoms with Crippen molar-refractivity contribution >= 4 is 18.0 Å². The highest BCUT2D eigenvalue weighted by atomic mass is 35.5. The fourth-order valence-electron chi connectivity index (χ4n) is 1.69. The van der Waals surface area contributed by atoms with Crippen molar-refractivity contribution in [3.63, 3.8) is 0 Å². The first-order valence-corrected chi connectivity index (χ1v) is 4.79. The molecule has 0 fully saturated rings. The van der Waals surface area contributed by atoms with Gasteiger partial charge in [-0.3, -0.25) is 0 Å². The van der Waals surface area contributed by atoms with E-state index < -0.39 is 0 Å². The summed E-state index contributed by atoms with van der Waals surface area (Å²) in [5.41, 5.74) is 2.88. The van der Waals surface area contributed by atoms with Gasteiger partial charge in [0.2, 0.25) is 0 Å². The minimum Gasteiger partial charge on any atom is -0.302 e. The fraction of sp³-hybridized carbons (Fsp3) is 0.333. The van der Waals surface area contributed by atoms with Crippen LogP contribution < -0.4 is 0 Å². The summed E-state index contributed by atoms with van der Waals surface area (Å²) in [5, 5.41) is 0. The largest absolute Gasteiger partial charge is 0.302 e. The Labute approximate surface area is 91.8 Å². The van der Waals surface area contributed by atoms with Crippen molar-refractivity contribution in [1.29, 1.82) is 0 Å². The van der Waals surface area contributed by atoms with Gasteiger partial charge in [0.25, 0.3) is 0 Å². The predicted molar refractivity (Wildman–Crippen MR) is 63.8 cm³/mol. The normalized spacial score (nSPS) is 17.1. The SMILES string of the molecule is CN1CC=C(c2ccccc2)CC1.Cl. The van der Waals surface area contributed by atoms with Gasteiger partial charge < -0.3 is 4.90 Å². The van der Waals surface area contributed by atoms with Crippen LogP contribution in [0, 0.1) is 0 Å². The van der Waals surface area contributed by atoms with Crippen molar-refractivity contribution in [1.82, 2.24) is 4.90 Å². The molecule has 1 heterocycles. The topological polar surface area (TPSA) is 3.24 Å². The van der Waals surface area contributed by atoms with Gasteiger partial charge in [-0.05, 0) is 24.6 Å². The molecule has 2 rings (SSSR count). The van der Waals surface area contributed by atoms with Crippen LogP contribution in [-0.2, 0) is 0 Å². The van der Waals surface area contributed by atoms with Crippen LogP contribution in [0.2, 0.25) is 0 Å². The maximum Gasteiger partial charge on any atom is 0.0166 e. The number of halogens is 1. The van der Waals surface area contributed by atoms with E-state index in [9.17, 15) is 0 Å². The summed E-state index contributed by atoms with van der Waals surface area (Å²) in [6.45, 7) is 2.27. The van der Waals surface area contributed by atoms with Crippen molar-refractivity contribution in [2.24, 2.45) is 0 Å². The van der Waals surface area contributed by atoms with E-state index in [1.54, 1.807) is 0 Å². The molecule has 1 aliphatic rings. The highest BCUT2D eigenvalue weighted by molar-refractivity contribution is 5.85. The molecule has 0 N–H and O–H groups in total. The molecule has 0 saturated carbocycles. The van der Waals surface area contributed by atoms with Gasteiger partial charge in [-0.15, -0.1) is 12.4 Å². The van der Waals surface area contributed by atoms with E-state index >= 15 is 0 Å². The smallest absolute Gasteiger partial charge is 0.0166 e. The Hall–Kier alpha value is -0.790. The van der Waals surface area contributed by atoms with Crippen LogP contribution in [0.25, 0.3) is 5.57 Å². The quantitative estimate of drug-likeness (QED) is 0.688. The zero-order chi connectivity index (χ0) is 9.10. The number of benzene rings is 1. The number of likely N-dealkylation sites (N-methyl/N-ethyl adjacent to an activating group) is 1. The molecule has 0 bridgehead atoms. The third-order valence-electron chi connectivity index (χ3n) is 2.56. The van der Waals surface area contributed by atoms with Crippen molar-refractivity contribution in [3.05, 3.63) is 42.0 Å². The molecule has 0 radical (unpaired) electrons.